The summed E-state index contributed by atoms with van der Waals surface area (Å²) in [5, 5.41) is 0. The fourth-order valence-corrected chi connectivity index (χ4v) is 3.98. The molecule has 1 heterocycles. The molecule has 0 aromatic heterocycles. The first kappa shape index (κ1) is 16.3. The Hall–Kier alpha value is -1.10. The average molecular weight is 295 g/mol. The predicted octanol–water partition coefficient (Wildman–Crippen LogP) is 1.25. The van der Waals surface area contributed by atoms with Crippen LogP contribution in [0.25, 0.3) is 0 Å². The van der Waals surface area contributed by atoms with Gasteiger partial charge in [0.2, 0.25) is 11.8 Å². The first-order valence-electron chi connectivity index (χ1n) is 8.12. The van der Waals surface area contributed by atoms with E-state index in [2.05, 4.69) is 20.8 Å². The monoisotopic (exact) mass is 295 g/mol. The lowest BCUT2D eigenvalue weighted by molar-refractivity contribution is -0.151. The minimum Gasteiger partial charge on any atom is -0.368 e. The van der Waals surface area contributed by atoms with Gasteiger partial charge in [0.05, 0.1) is 0 Å². The van der Waals surface area contributed by atoms with Crippen LogP contribution in [0.2, 0.25) is 0 Å². The van der Waals surface area contributed by atoms with Crippen LogP contribution in [0.3, 0.4) is 0 Å². The zero-order valence-corrected chi connectivity index (χ0v) is 13.5. The maximum absolute atomic E-state index is 13.0. The molecular formula is C16H29N3O2. The smallest absolute Gasteiger partial charge is 0.240 e. The third-order valence-corrected chi connectivity index (χ3v) is 5.91. The Kier molecular flexibility index (Phi) is 4.61. The second-order valence-corrected chi connectivity index (χ2v) is 7.35. The molecule has 2 amide bonds. The van der Waals surface area contributed by atoms with E-state index in [4.69, 9.17) is 11.5 Å². The molecule has 1 saturated carbocycles. The SMILES string of the molecule is CC1C(N)CCC(C(=O)N2CCCCC2C(N)=O)C1(C)C. The van der Waals surface area contributed by atoms with Crippen LogP contribution >= 0.6 is 0 Å². The molecule has 2 aliphatic rings. The zero-order chi connectivity index (χ0) is 15.8. The lowest BCUT2D eigenvalue weighted by atomic mass is 9.60. The van der Waals surface area contributed by atoms with Crippen molar-refractivity contribution in [2.45, 2.75) is 65.0 Å². The van der Waals surface area contributed by atoms with E-state index < -0.39 is 6.04 Å². The topological polar surface area (TPSA) is 89.4 Å². The van der Waals surface area contributed by atoms with Crippen LogP contribution in [0, 0.1) is 17.3 Å². The quantitative estimate of drug-likeness (QED) is 0.803. The molecular weight excluding hydrogens is 266 g/mol. The summed E-state index contributed by atoms with van der Waals surface area (Å²) in [7, 11) is 0. The summed E-state index contributed by atoms with van der Waals surface area (Å²) in [5.41, 5.74) is 11.5. The Morgan fingerprint density at radius 3 is 2.43 bits per heavy atom. The van der Waals surface area contributed by atoms with Gasteiger partial charge >= 0.3 is 0 Å². The van der Waals surface area contributed by atoms with E-state index in [1.165, 1.54) is 0 Å². The summed E-state index contributed by atoms with van der Waals surface area (Å²) in [5.74, 6) is -0.0482. The van der Waals surface area contributed by atoms with Gasteiger partial charge in [-0.2, -0.15) is 0 Å². The molecule has 120 valence electrons. The van der Waals surface area contributed by atoms with Gasteiger partial charge in [0, 0.05) is 18.5 Å². The summed E-state index contributed by atoms with van der Waals surface area (Å²) in [6.45, 7) is 7.04. The first-order chi connectivity index (χ1) is 9.76. The van der Waals surface area contributed by atoms with Crippen LogP contribution < -0.4 is 11.5 Å². The van der Waals surface area contributed by atoms with Gasteiger partial charge in [-0.25, -0.2) is 0 Å². The van der Waals surface area contributed by atoms with E-state index in [0.29, 0.717) is 13.0 Å². The number of amides is 2. The van der Waals surface area contributed by atoms with Crippen molar-refractivity contribution in [3.05, 3.63) is 0 Å². The minimum absolute atomic E-state index is 0.0627. The van der Waals surface area contributed by atoms with Crippen LogP contribution in [0.15, 0.2) is 0 Å². The maximum Gasteiger partial charge on any atom is 0.240 e. The van der Waals surface area contributed by atoms with Gasteiger partial charge in [-0.05, 0) is 43.4 Å². The molecule has 0 aromatic carbocycles. The average Bonchev–Trinajstić information content (AvgIpc) is 2.44. The summed E-state index contributed by atoms with van der Waals surface area (Å²) >= 11 is 0. The molecule has 1 aliphatic carbocycles. The predicted molar refractivity (Wildman–Crippen MR) is 82.2 cm³/mol. The lowest BCUT2D eigenvalue weighted by Crippen LogP contribution is -2.57. The number of likely N-dealkylation sites (tertiary alicyclic amines) is 1. The van der Waals surface area contributed by atoms with E-state index in [-0.39, 0.29) is 35.1 Å². The molecule has 1 saturated heterocycles. The van der Waals surface area contributed by atoms with Crippen molar-refractivity contribution in [3.63, 3.8) is 0 Å². The van der Waals surface area contributed by atoms with E-state index in [1.807, 2.05) is 0 Å². The highest BCUT2D eigenvalue weighted by Gasteiger charge is 2.47. The van der Waals surface area contributed by atoms with Gasteiger partial charge in [0.1, 0.15) is 6.04 Å². The Morgan fingerprint density at radius 2 is 1.81 bits per heavy atom. The third-order valence-electron chi connectivity index (χ3n) is 5.91. The van der Waals surface area contributed by atoms with Crippen LogP contribution in [-0.2, 0) is 9.59 Å². The van der Waals surface area contributed by atoms with Gasteiger partial charge in [-0.15, -0.1) is 0 Å². The molecule has 4 atom stereocenters. The van der Waals surface area contributed by atoms with Crippen LogP contribution in [0.4, 0.5) is 0 Å². The Bertz CT molecular complexity index is 422. The normalized spacial score (nSPS) is 36.3. The van der Waals surface area contributed by atoms with Gasteiger partial charge in [-0.1, -0.05) is 20.8 Å². The van der Waals surface area contributed by atoms with Gasteiger partial charge in [0.25, 0.3) is 0 Å². The molecule has 5 heteroatoms. The first-order valence-corrected chi connectivity index (χ1v) is 8.12. The summed E-state index contributed by atoms with van der Waals surface area (Å²) in [4.78, 5) is 26.4. The Labute approximate surface area is 127 Å². The molecule has 4 unspecified atom stereocenters. The number of hydrogen-bond acceptors (Lipinski definition) is 3. The molecule has 2 rings (SSSR count). The van der Waals surface area contributed by atoms with Gasteiger partial charge < -0.3 is 16.4 Å². The van der Waals surface area contributed by atoms with Crippen molar-refractivity contribution >= 4 is 11.8 Å². The van der Waals surface area contributed by atoms with E-state index >= 15 is 0 Å². The number of primary amides is 1. The highest BCUT2D eigenvalue weighted by atomic mass is 16.2. The summed E-state index contributed by atoms with van der Waals surface area (Å²) in [6, 6.07) is -0.273. The number of nitrogens with zero attached hydrogens (tertiary/aromatic N) is 1. The molecule has 2 fully saturated rings. The number of nitrogens with two attached hydrogens (primary N) is 2. The van der Waals surface area contributed by atoms with Gasteiger partial charge in [-0.3, -0.25) is 9.59 Å². The number of hydrogen-bond donors (Lipinski definition) is 2. The number of rotatable bonds is 2. The van der Waals surface area contributed by atoms with E-state index in [9.17, 15) is 9.59 Å². The lowest BCUT2D eigenvalue weighted by Gasteiger charge is -2.48. The minimum atomic E-state index is -0.423. The van der Waals surface area contributed by atoms with Gasteiger partial charge in [0.15, 0.2) is 0 Å². The van der Waals surface area contributed by atoms with Crippen molar-refractivity contribution in [2.24, 2.45) is 28.7 Å². The van der Waals surface area contributed by atoms with Crippen molar-refractivity contribution < 1.29 is 9.59 Å². The van der Waals surface area contributed by atoms with Crippen LogP contribution in [0.5, 0.6) is 0 Å². The highest BCUT2D eigenvalue weighted by Crippen LogP contribution is 2.45. The third kappa shape index (κ3) is 2.93. The molecule has 5 nitrogen and oxygen atoms in total. The van der Waals surface area contributed by atoms with Crippen molar-refractivity contribution in [2.75, 3.05) is 6.54 Å². The fraction of sp³-hybridized carbons (Fsp3) is 0.875. The van der Waals surface area contributed by atoms with Crippen molar-refractivity contribution in [1.82, 2.24) is 4.90 Å². The zero-order valence-electron chi connectivity index (χ0n) is 13.5. The van der Waals surface area contributed by atoms with Crippen LogP contribution in [-0.4, -0.2) is 35.3 Å². The van der Waals surface area contributed by atoms with Crippen molar-refractivity contribution in [1.29, 1.82) is 0 Å². The second-order valence-electron chi connectivity index (χ2n) is 7.35. The second kappa shape index (κ2) is 5.95. The van der Waals surface area contributed by atoms with E-state index in [0.717, 1.165) is 25.7 Å². The molecule has 0 radical (unpaired) electrons. The maximum atomic E-state index is 13.0. The molecule has 1 aliphatic heterocycles. The number of piperidine rings is 1. The molecule has 21 heavy (non-hydrogen) atoms. The summed E-state index contributed by atoms with van der Waals surface area (Å²) in [6.07, 6.45) is 4.29. The standard InChI is InChI=1S/C16H29N3O2/c1-10-12(17)8-7-11(16(10,2)3)15(21)19-9-5-4-6-13(19)14(18)20/h10-13H,4-9,17H2,1-3H3,(H2,18,20). The summed E-state index contributed by atoms with van der Waals surface area (Å²) < 4.78 is 0. The number of carbonyl (C=O) groups excluding carboxylic acids is 2. The van der Waals surface area contributed by atoms with E-state index in [1.54, 1.807) is 4.90 Å². The molecule has 4 N–H and O–H groups in total. The Morgan fingerprint density at radius 1 is 1.14 bits per heavy atom. The Balaban J connectivity index is 2.20. The molecule has 0 aromatic rings. The highest BCUT2D eigenvalue weighted by molar-refractivity contribution is 5.88. The molecule has 0 spiro atoms. The number of carbonyl (C=O) groups is 2. The van der Waals surface area contributed by atoms with Crippen molar-refractivity contribution in [3.8, 4) is 0 Å². The molecule has 0 bridgehead atoms. The largest absolute Gasteiger partial charge is 0.368 e. The fourth-order valence-electron chi connectivity index (χ4n) is 3.98. The van der Waals surface area contributed by atoms with Crippen LogP contribution in [0.1, 0.15) is 52.9 Å².